The molecule has 90 valence electrons. The van der Waals surface area contributed by atoms with Crippen molar-refractivity contribution in [2.75, 3.05) is 6.54 Å². The summed E-state index contributed by atoms with van der Waals surface area (Å²) in [6, 6.07) is 1.91. The van der Waals surface area contributed by atoms with E-state index in [2.05, 4.69) is 5.32 Å². The van der Waals surface area contributed by atoms with Crippen LogP contribution in [-0.4, -0.2) is 18.5 Å². The molecule has 1 aromatic rings. The lowest BCUT2D eigenvalue weighted by Gasteiger charge is -2.12. The third-order valence-corrected chi connectivity index (χ3v) is 2.50. The summed E-state index contributed by atoms with van der Waals surface area (Å²) in [5.74, 6) is 1.36. The number of hydrogen-bond donors (Lipinski definition) is 2. The van der Waals surface area contributed by atoms with Gasteiger partial charge in [0.2, 0.25) is 0 Å². The summed E-state index contributed by atoms with van der Waals surface area (Å²) in [6.07, 6.45) is 1.82. The average Bonchev–Trinajstić information content (AvgIpc) is 2.54. The van der Waals surface area contributed by atoms with Crippen LogP contribution in [0.2, 0.25) is 0 Å². The fourth-order valence-corrected chi connectivity index (χ4v) is 1.65. The highest BCUT2D eigenvalue weighted by atomic mass is 16.3. The molecule has 0 bridgehead atoms. The van der Waals surface area contributed by atoms with Crippen LogP contribution in [0.3, 0.4) is 0 Å². The van der Waals surface area contributed by atoms with Crippen LogP contribution in [0.4, 0.5) is 0 Å². The lowest BCUT2D eigenvalue weighted by molar-refractivity contribution is 0.0936. The standard InChI is InChI=1S/C12H20N2O2/c1-8(5-4-6-13)14-12(15)11-7-9(2)16-10(11)3/h7-8H,4-6,13H2,1-3H3,(H,14,15). The molecule has 1 aromatic heterocycles. The van der Waals surface area contributed by atoms with E-state index in [0.717, 1.165) is 18.6 Å². The van der Waals surface area contributed by atoms with Gasteiger partial charge in [0.1, 0.15) is 11.5 Å². The molecule has 4 nitrogen and oxygen atoms in total. The van der Waals surface area contributed by atoms with Crippen molar-refractivity contribution in [1.29, 1.82) is 0 Å². The molecule has 0 aromatic carbocycles. The maximum absolute atomic E-state index is 11.9. The lowest BCUT2D eigenvalue weighted by atomic mass is 10.1. The molecule has 16 heavy (non-hydrogen) atoms. The number of nitrogens with two attached hydrogens (primary N) is 1. The summed E-state index contributed by atoms with van der Waals surface area (Å²) in [5.41, 5.74) is 6.04. The first kappa shape index (κ1) is 12.8. The second kappa shape index (κ2) is 5.70. The molecule has 0 aliphatic heterocycles. The van der Waals surface area contributed by atoms with Crippen LogP contribution in [-0.2, 0) is 0 Å². The molecule has 1 amide bonds. The minimum Gasteiger partial charge on any atom is -0.466 e. The third-order valence-electron chi connectivity index (χ3n) is 2.50. The van der Waals surface area contributed by atoms with E-state index >= 15 is 0 Å². The first-order chi connectivity index (χ1) is 7.54. The molecule has 0 radical (unpaired) electrons. The first-order valence-electron chi connectivity index (χ1n) is 5.62. The smallest absolute Gasteiger partial charge is 0.255 e. The van der Waals surface area contributed by atoms with E-state index in [-0.39, 0.29) is 11.9 Å². The van der Waals surface area contributed by atoms with Crippen LogP contribution in [0.15, 0.2) is 10.5 Å². The maximum atomic E-state index is 11.9. The Hall–Kier alpha value is -1.29. The van der Waals surface area contributed by atoms with Gasteiger partial charge in [-0.25, -0.2) is 0 Å². The van der Waals surface area contributed by atoms with Crippen LogP contribution in [0.25, 0.3) is 0 Å². The summed E-state index contributed by atoms with van der Waals surface area (Å²) in [7, 11) is 0. The van der Waals surface area contributed by atoms with Gasteiger partial charge in [-0.1, -0.05) is 0 Å². The average molecular weight is 224 g/mol. The Balaban J connectivity index is 2.55. The molecule has 0 aliphatic rings. The van der Waals surface area contributed by atoms with Gasteiger partial charge in [0.25, 0.3) is 5.91 Å². The van der Waals surface area contributed by atoms with Gasteiger partial charge in [-0.15, -0.1) is 0 Å². The summed E-state index contributed by atoms with van der Waals surface area (Å²) < 4.78 is 5.32. The number of rotatable bonds is 5. The van der Waals surface area contributed by atoms with Crippen molar-refractivity contribution in [2.45, 2.75) is 39.7 Å². The van der Waals surface area contributed by atoms with Crippen molar-refractivity contribution >= 4 is 5.91 Å². The minimum absolute atomic E-state index is 0.0705. The third kappa shape index (κ3) is 3.38. The molecule has 1 rings (SSSR count). The Bertz CT molecular complexity index is 358. The van der Waals surface area contributed by atoms with E-state index in [1.807, 2.05) is 13.8 Å². The van der Waals surface area contributed by atoms with Gasteiger partial charge in [-0.2, -0.15) is 0 Å². The summed E-state index contributed by atoms with van der Waals surface area (Å²) in [5, 5.41) is 2.93. The van der Waals surface area contributed by atoms with Gasteiger partial charge in [0.15, 0.2) is 0 Å². The number of carbonyl (C=O) groups is 1. The maximum Gasteiger partial charge on any atom is 0.255 e. The molecular formula is C12H20N2O2. The van der Waals surface area contributed by atoms with Crippen molar-refractivity contribution < 1.29 is 9.21 Å². The Morgan fingerprint density at radius 3 is 2.75 bits per heavy atom. The molecule has 4 heteroatoms. The van der Waals surface area contributed by atoms with Gasteiger partial charge in [-0.3, -0.25) is 4.79 Å². The van der Waals surface area contributed by atoms with Gasteiger partial charge in [0, 0.05) is 6.04 Å². The number of aryl methyl sites for hydroxylation is 2. The normalized spacial score (nSPS) is 12.5. The number of furan rings is 1. The fourth-order valence-electron chi connectivity index (χ4n) is 1.65. The van der Waals surface area contributed by atoms with Gasteiger partial charge in [-0.05, 0) is 46.2 Å². The van der Waals surface area contributed by atoms with Crippen molar-refractivity contribution in [2.24, 2.45) is 5.73 Å². The van der Waals surface area contributed by atoms with Crippen LogP contribution >= 0.6 is 0 Å². The molecule has 1 atom stereocenters. The largest absolute Gasteiger partial charge is 0.466 e. The van der Waals surface area contributed by atoms with E-state index in [9.17, 15) is 4.79 Å². The summed E-state index contributed by atoms with van der Waals surface area (Å²) in [6.45, 7) is 6.27. The number of amides is 1. The zero-order valence-corrected chi connectivity index (χ0v) is 10.2. The molecule has 0 saturated heterocycles. The van der Waals surface area contributed by atoms with Crippen molar-refractivity contribution in [1.82, 2.24) is 5.32 Å². The van der Waals surface area contributed by atoms with Crippen molar-refractivity contribution in [3.63, 3.8) is 0 Å². The van der Waals surface area contributed by atoms with Gasteiger partial charge in [0.05, 0.1) is 5.56 Å². The Morgan fingerprint density at radius 2 is 2.25 bits per heavy atom. The van der Waals surface area contributed by atoms with Crippen LogP contribution in [0.1, 0.15) is 41.6 Å². The zero-order chi connectivity index (χ0) is 12.1. The highest BCUT2D eigenvalue weighted by molar-refractivity contribution is 5.95. The second-order valence-corrected chi connectivity index (χ2v) is 4.13. The van der Waals surface area contributed by atoms with Crippen LogP contribution < -0.4 is 11.1 Å². The van der Waals surface area contributed by atoms with E-state index in [1.54, 1.807) is 13.0 Å². The Morgan fingerprint density at radius 1 is 1.56 bits per heavy atom. The van der Waals surface area contributed by atoms with Crippen LogP contribution in [0.5, 0.6) is 0 Å². The Kier molecular flexibility index (Phi) is 4.55. The zero-order valence-electron chi connectivity index (χ0n) is 10.2. The predicted molar refractivity (Wildman–Crippen MR) is 63.4 cm³/mol. The quantitative estimate of drug-likeness (QED) is 0.800. The van der Waals surface area contributed by atoms with E-state index in [0.29, 0.717) is 17.9 Å². The highest BCUT2D eigenvalue weighted by Crippen LogP contribution is 2.13. The topological polar surface area (TPSA) is 68.3 Å². The highest BCUT2D eigenvalue weighted by Gasteiger charge is 2.15. The molecule has 0 saturated carbocycles. The monoisotopic (exact) mass is 224 g/mol. The first-order valence-corrected chi connectivity index (χ1v) is 5.62. The molecule has 0 spiro atoms. The molecule has 1 heterocycles. The molecular weight excluding hydrogens is 204 g/mol. The van der Waals surface area contributed by atoms with E-state index < -0.39 is 0 Å². The second-order valence-electron chi connectivity index (χ2n) is 4.13. The van der Waals surface area contributed by atoms with Crippen molar-refractivity contribution in [3.05, 3.63) is 23.2 Å². The van der Waals surface area contributed by atoms with Gasteiger partial charge >= 0.3 is 0 Å². The molecule has 0 aliphatic carbocycles. The number of carbonyl (C=O) groups excluding carboxylic acids is 1. The predicted octanol–water partition coefficient (Wildman–Crippen LogP) is 1.75. The Labute approximate surface area is 96.2 Å². The number of hydrogen-bond acceptors (Lipinski definition) is 3. The van der Waals surface area contributed by atoms with Crippen molar-refractivity contribution in [3.8, 4) is 0 Å². The van der Waals surface area contributed by atoms with Gasteiger partial charge < -0.3 is 15.5 Å². The molecule has 0 fully saturated rings. The lowest BCUT2D eigenvalue weighted by Crippen LogP contribution is -2.33. The SMILES string of the molecule is Cc1cc(C(=O)NC(C)CCCN)c(C)o1. The number of nitrogens with one attached hydrogen (secondary N) is 1. The molecule has 1 unspecified atom stereocenters. The van der Waals surface area contributed by atoms with E-state index in [1.165, 1.54) is 0 Å². The summed E-state index contributed by atoms with van der Waals surface area (Å²) in [4.78, 5) is 11.9. The minimum atomic E-state index is -0.0705. The summed E-state index contributed by atoms with van der Waals surface area (Å²) >= 11 is 0. The van der Waals surface area contributed by atoms with Crippen LogP contribution in [0, 0.1) is 13.8 Å². The van der Waals surface area contributed by atoms with E-state index in [4.69, 9.17) is 10.2 Å². The molecule has 3 N–H and O–H groups in total. The fraction of sp³-hybridized carbons (Fsp3) is 0.583.